The molecule has 1 aliphatic heterocycles. The highest BCUT2D eigenvalue weighted by Crippen LogP contribution is 2.32. The van der Waals surface area contributed by atoms with Crippen LogP contribution in [0.5, 0.6) is 0 Å². The molecule has 0 spiro atoms. The molecule has 0 bridgehead atoms. The van der Waals surface area contributed by atoms with Gasteiger partial charge in [-0.2, -0.15) is 11.8 Å². The number of hydrogen-bond donors (Lipinski definition) is 1. The van der Waals surface area contributed by atoms with Crippen LogP contribution in [0.1, 0.15) is 6.42 Å². The first-order valence-electron chi connectivity index (χ1n) is 5.20. The lowest BCUT2D eigenvalue weighted by Gasteiger charge is -2.34. The summed E-state index contributed by atoms with van der Waals surface area (Å²) >= 11 is 2.00. The molecule has 5 heteroatoms. The molecular formula is C10H22N4S. The van der Waals surface area contributed by atoms with Crippen LogP contribution in [0.2, 0.25) is 0 Å². The molecule has 0 aromatic heterocycles. The maximum Gasteiger partial charge on any atom is 0.190 e. The number of nitrogens with two attached hydrogens (primary N) is 1. The van der Waals surface area contributed by atoms with Crippen molar-refractivity contribution in [1.29, 1.82) is 0 Å². The van der Waals surface area contributed by atoms with Gasteiger partial charge in [-0.1, -0.05) is 0 Å². The van der Waals surface area contributed by atoms with Crippen LogP contribution >= 0.6 is 11.8 Å². The predicted octanol–water partition coefficient (Wildman–Crippen LogP) is 0.300. The topological polar surface area (TPSA) is 44.9 Å². The number of nitrogens with zero attached hydrogens (tertiary/aromatic N) is 3. The van der Waals surface area contributed by atoms with Crippen LogP contribution in [0.3, 0.4) is 0 Å². The van der Waals surface area contributed by atoms with E-state index in [1.54, 1.807) is 0 Å². The monoisotopic (exact) mass is 230 g/mol. The third-order valence-corrected chi connectivity index (χ3v) is 4.26. The van der Waals surface area contributed by atoms with Gasteiger partial charge in [0.15, 0.2) is 5.96 Å². The van der Waals surface area contributed by atoms with Gasteiger partial charge in [0.1, 0.15) is 0 Å². The number of rotatable bonds is 3. The lowest BCUT2D eigenvalue weighted by atomic mass is 9.98. The Balaban J connectivity index is 2.64. The first-order chi connectivity index (χ1) is 6.98. The number of likely N-dealkylation sites (N-methyl/N-ethyl adjacent to an activating group) is 1. The Hall–Kier alpha value is -0.420. The zero-order chi connectivity index (χ0) is 11.5. The predicted molar refractivity (Wildman–Crippen MR) is 68.5 cm³/mol. The van der Waals surface area contributed by atoms with E-state index in [9.17, 15) is 0 Å². The first-order valence-corrected chi connectivity index (χ1v) is 6.36. The molecule has 0 amide bonds. The van der Waals surface area contributed by atoms with Crippen molar-refractivity contribution in [2.24, 2.45) is 10.7 Å². The van der Waals surface area contributed by atoms with Crippen molar-refractivity contribution in [3.63, 3.8) is 0 Å². The van der Waals surface area contributed by atoms with Crippen LogP contribution in [-0.2, 0) is 0 Å². The summed E-state index contributed by atoms with van der Waals surface area (Å²) in [4.78, 5) is 8.61. The van der Waals surface area contributed by atoms with E-state index in [1.807, 2.05) is 30.8 Å². The van der Waals surface area contributed by atoms with Crippen LogP contribution in [-0.4, -0.2) is 67.5 Å². The Kier molecular flexibility index (Phi) is 4.28. The van der Waals surface area contributed by atoms with Gasteiger partial charge in [0, 0.05) is 25.4 Å². The minimum absolute atomic E-state index is 0.214. The van der Waals surface area contributed by atoms with E-state index in [0.29, 0.717) is 5.96 Å². The van der Waals surface area contributed by atoms with Gasteiger partial charge in [-0.3, -0.25) is 4.99 Å². The molecule has 0 aromatic carbocycles. The highest BCUT2D eigenvalue weighted by molar-refractivity contribution is 7.99. The third kappa shape index (κ3) is 3.01. The lowest BCUT2D eigenvalue weighted by molar-refractivity contribution is 0.189. The van der Waals surface area contributed by atoms with E-state index in [2.05, 4.69) is 24.0 Å². The number of guanidine groups is 1. The molecule has 1 atom stereocenters. The molecule has 88 valence electrons. The minimum Gasteiger partial charge on any atom is -0.370 e. The van der Waals surface area contributed by atoms with Crippen molar-refractivity contribution >= 4 is 17.7 Å². The van der Waals surface area contributed by atoms with E-state index in [0.717, 1.165) is 12.3 Å². The molecule has 4 nitrogen and oxygen atoms in total. The Morgan fingerprint density at radius 1 is 1.40 bits per heavy atom. The summed E-state index contributed by atoms with van der Waals surface area (Å²) in [6.07, 6.45) is 1.20. The summed E-state index contributed by atoms with van der Waals surface area (Å²) in [7, 11) is 8.11. The van der Waals surface area contributed by atoms with Crippen LogP contribution in [0.25, 0.3) is 0 Å². The zero-order valence-corrected chi connectivity index (χ0v) is 11.0. The van der Waals surface area contributed by atoms with Crippen molar-refractivity contribution in [3.05, 3.63) is 0 Å². The summed E-state index contributed by atoms with van der Waals surface area (Å²) in [6.45, 7) is 0.803. The van der Waals surface area contributed by atoms with Gasteiger partial charge in [0.05, 0.1) is 6.54 Å². The molecule has 1 rings (SSSR count). The van der Waals surface area contributed by atoms with E-state index >= 15 is 0 Å². The largest absolute Gasteiger partial charge is 0.370 e. The molecule has 1 heterocycles. The second-order valence-electron chi connectivity index (χ2n) is 4.49. The summed E-state index contributed by atoms with van der Waals surface area (Å²) < 4.78 is 0. The second kappa shape index (κ2) is 5.07. The Bertz CT molecular complexity index is 232. The molecule has 1 fully saturated rings. The van der Waals surface area contributed by atoms with Gasteiger partial charge in [0.2, 0.25) is 0 Å². The second-order valence-corrected chi connectivity index (χ2v) is 5.60. The molecule has 0 radical (unpaired) electrons. The van der Waals surface area contributed by atoms with E-state index < -0.39 is 0 Å². The van der Waals surface area contributed by atoms with Crippen molar-refractivity contribution in [3.8, 4) is 0 Å². The number of aliphatic imine (C=N–C) groups is 1. The molecule has 0 saturated carbocycles. The van der Waals surface area contributed by atoms with Crippen molar-refractivity contribution in [2.75, 3.05) is 46.2 Å². The molecule has 15 heavy (non-hydrogen) atoms. The van der Waals surface area contributed by atoms with Crippen molar-refractivity contribution < 1.29 is 0 Å². The van der Waals surface area contributed by atoms with Gasteiger partial charge >= 0.3 is 0 Å². The van der Waals surface area contributed by atoms with Gasteiger partial charge in [-0.15, -0.1) is 0 Å². The van der Waals surface area contributed by atoms with E-state index in [1.165, 1.54) is 12.2 Å². The van der Waals surface area contributed by atoms with Crippen LogP contribution in [0, 0.1) is 0 Å². The average Bonchev–Trinajstić information content (AvgIpc) is 2.63. The molecule has 0 aromatic rings. The quantitative estimate of drug-likeness (QED) is 0.559. The summed E-state index contributed by atoms with van der Waals surface area (Å²) in [6, 6.07) is 0. The minimum atomic E-state index is 0.214. The van der Waals surface area contributed by atoms with Crippen molar-refractivity contribution in [2.45, 2.75) is 12.0 Å². The van der Waals surface area contributed by atoms with Crippen molar-refractivity contribution in [1.82, 2.24) is 9.80 Å². The normalized spacial score (nSPS) is 27.4. The fourth-order valence-corrected chi connectivity index (χ4v) is 3.13. The Labute approximate surface area is 96.9 Å². The van der Waals surface area contributed by atoms with Crippen LogP contribution < -0.4 is 5.73 Å². The summed E-state index contributed by atoms with van der Waals surface area (Å²) in [5.74, 6) is 3.01. The van der Waals surface area contributed by atoms with E-state index in [4.69, 9.17) is 5.73 Å². The average molecular weight is 230 g/mol. The fourth-order valence-electron chi connectivity index (χ4n) is 1.58. The maximum atomic E-state index is 5.80. The zero-order valence-electron chi connectivity index (χ0n) is 10.2. The summed E-state index contributed by atoms with van der Waals surface area (Å²) in [5, 5.41) is 0. The maximum absolute atomic E-state index is 5.80. The third-order valence-electron chi connectivity index (χ3n) is 3.02. The number of hydrogen-bond acceptors (Lipinski definition) is 3. The smallest absolute Gasteiger partial charge is 0.190 e. The Morgan fingerprint density at radius 2 is 2.07 bits per heavy atom. The molecule has 1 aliphatic rings. The highest BCUT2D eigenvalue weighted by Gasteiger charge is 2.36. The molecule has 2 N–H and O–H groups in total. The van der Waals surface area contributed by atoms with Gasteiger partial charge in [-0.05, 0) is 26.3 Å². The molecule has 0 aliphatic carbocycles. The first kappa shape index (κ1) is 12.6. The summed E-state index contributed by atoms with van der Waals surface area (Å²) in [5.41, 5.74) is 6.02. The Morgan fingerprint density at radius 3 is 2.47 bits per heavy atom. The lowest BCUT2D eigenvalue weighted by Crippen LogP contribution is -2.48. The van der Waals surface area contributed by atoms with Gasteiger partial charge in [0.25, 0.3) is 0 Å². The van der Waals surface area contributed by atoms with E-state index in [-0.39, 0.29) is 5.54 Å². The van der Waals surface area contributed by atoms with Gasteiger partial charge < -0.3 is 15.5 Å². The molecule has 1 unspecified atom stereocenters. The molecular weight excluding hydrogens is 208 g/mol. The standard InChI is InChI=1S/C10H22N4S/c1-13(2)9(11)12-7-10(14(3)4)5-6-15-8-10/h5-8H2,1-4H3,(H2,11,12). The van der Waals surface area contributed by atoms with Crippen LogP contribution in [0.4, 0.5) is 0 Å². The SMILES string of the molecule is CN(C)C(N)=NCC1(N(C)C)CCSC1. The van der Waals surface area contributed by atoms with Crippen LogP contribution in [0.15, 0.2) is 4.99 Å². The molecule has 1 saturated heterocycles. The highest BCUT2D eigenvalue weighted by atomic mass is 32.2. The fraction of sp³-hybridized carbons (Fsp3) is 0.900. The van der Waals surface area contributed by atoms with Gasteiger partial charge in [-0.25, -0.2) is 0 Å². The number of thioether (sulfide) groups is 1.